The normalized spacial score (nSPS) is 12.5. The summed E-state index contributed by atoms with van der Waals surface area (Å²) in [7, 11) is 0. The molecule has 8 heteroatoms. The van der Waals surface area contributed by atoms with Crippen molar-refractivity contribution in [1.29, 1.82) is 0 Å². The van der Waals surface area contributed by atoms with E-state index < -0.39 is 0 Å². The number of H-pyrrole nitrogens is 1. The predicted molar refractivity (Wildman–Crippen MR) is 120 cm³/mol. The van der Waals surface area contributed by atoms with Crippen molar-refractivity contribution in [1.82, 2.24) is 20.2 Å². The number of ether oxygens (including phenoxy) is 1. The Bertz CT molecular complexity index is 1070. The molecule has 0 atom stereocenters. The number of aromatic amines is 1. The maximum absolute atomic E-state index is 13.6. The van der Waals surface area contributed by atoms with E-state index in [0.717, 1.165) is 34.7 Å². The standard InChI is InChI=1S/C23H28N6O2/c1-14(2)25-23-24-10-7-21(26-23)29(11-8-19-15(3)27-28-16(19)4)22(30)18-5-6-20-17(13-18)9-12-31-20/h5-7,10,13-14H,8-9,11-12H2,1-4H3,(H,27,28)(H,24,25,26). The van der Waals surface area contributed by atoms with Crippen LogP contribution < -0.4 is 15.0 Å². The highest BCUT2D eigenvalue weighted by Crippen LogP contribution is 2.27. The number of hydrogen-bond donors (Lipinski definition) is 2. The second-order valence-corrected chi connectivity index (χ2v) is 8.08. The second-order valence-electron chi connectivity index (χ2n) is 8.08. The quantitative estimate of drug-likeness (QED) is 0.608. The van der Waals surface area contributed by atoms with Gasteiger partial charge in [0.25, 0.3) is 5.91 Å². The number of nitrogens with zero attached hydrogens (tertiary/aromatic N) is 4. The van der Waals surface area contributed by atoms with Crippen LogP contribution in [0.15, 0.2) is 30.5 Å². The molecule has 1 aromatic carbocycles. The molecule has 0 unspecified atom stereocenters. The number of carbonyl (C=O) groups excluding carboxylic acids is 1. The summed E-state index contributed by atoms with van der Waals surface area (Å²) in [5, 5.41) is 10.5. The van der Waals surface area contributed by atoms with Crippen LogP contribution in [-0.4, -0.2) is 45.3 Å². The fourth-order valence-corrected chi connectivity index (χ4v) is 3.79. The molecule has 4 rings (SSSR count). The van der Waals surface area contributed by atoms with Gasteiger partial charge in [-0.15, -0.1) is 0 Å². The largest absolute Gasteiger partial charge is 0.493 e. The Labute approximate surface area is 182 Å². The zero-order valence-electron chi connectivity index (χ0n) is 18.4. The summed E-state index contributed by atoms with van der Waals surface area (Å²) >= 11 is 0. The monoisotopic (exact) mass is 420 g/mol. The number of carbonyl (C=O) groups is 1. The van der Waals surface area contributed by atoms with Gasteiger partial charge in [-0.2, -0.15) is 10.1 Å². The molecule has 0 saturated carbocycles. The summed E-state index contributed by atoms with van der Waals surface area (Å²) in [4.78, 5) is 24.2. The molecule has 31 heavy (non-hydrogen) atoms. The van der Waals surface area contributed by atoms with Gasteiger partial charge in [0.2, 0.25) is 5.95 Å². The molecule has 0 fully saturated rings. The van der Waals surface area contributed by atoms with Crippen LogP contribution in [0.1, 0.15) is 46.7 Å². The number of nitrogens with one attached hydrogen (secondary N) is 2. The molecule has 2 N–H and O–H groups in total. The summed E-state index contributed by atoms with van der Waals surface area (Å²) in [6, 6.07) is 7.59. The number of anilines is 2. The maximum atomic E-state index is 13.6. The van der Waals surface area contributed by atoms with Crippen molar-refractivity contribution in [3.05, 3.63) is 58.5 Å². The van der Waals surface area contributed by atoms with Crippen LogP contribution in [0.25, 0.3) is 0 Å². The minimum absolute atomic E-state index is 0.0947. The number of amides is 1. The molecule has 0 saturated heterocycles. The molecule has 1 amide bonds. The average molecular weight is 421 g/mol. The van der Waals surface area contributed by atoms with E-state index in [4.69, 9.17) is 4.74 Å². The van der Waals surface area contributed by atoms with Crippen molar-refractivity contribution in [2.24, 2.45) is 0 Å². The van der Waals surface area contributed by atoms with Gasteiger partial charge in [0.15, 0.2) is 0 Å². The van der Waals surface area contributed by atoms with Crippen LogP contribution in [0.4, 0.5) is 11.8 Å². The number of aryl methyl sites for hydroxylation is 2. The highest BCUT2D eigenvalue weighted by molar-refractivity contribution is 6.05. The van der Waals surface area contributed by atoms with Crippen LogP contribution in [0, 0.1) is 13.8 Å². The van der Waals surface area contributed by atoms with Crippen molar-refractivity contribution in [3.8, 4) is 5.75 Å². The summed E-state index contributed by atoms with van der Waals surface area (Å²) < 4.78 is 5.59. The zero-order valence-corrected chi connectivity index (χ0v) is 18.4. The molecular weight excluding hydrogens is 392 g/mol. The van der Waals surface area contributed by atoms with Crippen LogP contribution in [0.5, 0.6) is 5.75 Å². The number of aromatic nitrogens is 4. The lowest BCUT2D eigenvalue weighted by atomic mass is 10.1. The number of fused-ring (bicyclic) bond motifs is 1. The molecule has 0 bridgehead atoms. The Morgan fingerprint density at radius 2 is 2.13 bits per heavy atom. The zero-order chi connectivity index (χ0) is 22.0. The Kier molecular flexibility index (Phi) is 5.88. The van der Waals surface area contributed by atoms with Crippen molar-refractivity contribution in [2.75, 3.05) is 23.4 Å². The Hall–Kier alpha value is -3.42. The van der Waals surface area contributed by atoms with E-state index in [1.165, 1.54) is 0 Å². The van der Waals surface area contributed by atoms with E-state index in [2.05, 4.69) is 25.5 Å². The first kappa shape index (κ1) is 20.8. The van der Waals surface area contributed by atoms with Crippen LogP contribution >= 0.6 is 0 Å². The molecule has 1 aliphatic heterocycles. The first-order valence-corrected chi connectivity index (χ1v) is 10.6. The molecular formula is C23H28N6O2. The fraction of sp³-hybridized carbons (Fsp3) is 0.391. The third-order valence-corrected chi connectivity index (χ3v) is 5.38. The minimum Gasteiger partial charge on any atom is -0.493 e. The molecule has 1 aliphatic rings. The highest BCUT2D eigenvalue weighted by atomic mass is 16.5. The number of rotatable bonds is 7. The highest BCUT2D eigenvalue weighted by Gasteiger charge is 2.23. The molecule has 0 aliphatic carbocycles. The molecule has 0 spiro atoms. The van der Waals surface area contributed by atoms with E-state index in [1.54, 1.807) is 17.2 Å². The molecule has 162 valence electrons. The first-order valence-electron chi connectivity index (χ1n) is 10.6. The maximum Gasteiger partial charge on any atom is 0.259 e. The van der Waals surface area contributed by atoms with Gasteiger partial charge in [-0.1, -0.05) is 0 Å². The van der Waals surface area contributed by atoms with Gasteiger partial charge >= 0.3 is 0 Å². The first-order chi connectivity index (χ1) is 14.9. The van der Waals surface area contributed by atoms with E-state index in [9.17, 15) is 4.79 Å². The van der Waals surface area contributed by atoms with Gasteiger partial charge in [0.05, 0.1) is 12.3 Å². The SMILES string of the molecule is Cc1n[nH]c(C)c1CCN(C(=O)c1ccc2c(c1)CCO2)c1ccnc(NC(C)C)n1. The molecule has 8 nitrogen and oxygen atoms in total. The average Bonchev–Trinajstić information content (AvgIpc) is 3.34. The fourth-order valence-electron chi connectivity index (χ4n) is 3.79. The van der Waals surface area contributed by atoms with Crippen molar-refractivity contribution in [2.45, 2.75) is 46.6 Å². The summed E-state index contributed by atoms with van der Waals surface area (Å²) in [5.41, 5.74) is 4.78. The van der Waals surface area contributed by atoms with E-state index in [-0.39, 0.29) is 11.9 Å². The van der Waals surface area contributed by atoms with Crippen molar-refractivity contribution < 1.29 is 9.53 Å². The van der Waals surface area contributed by atoms with Gasteiger partial charge in [-0.05, 0) is 69.5 Å². The molecule has 0 radical (unpaired) electrons. The van der Waals surface area contributed by atoms with E-state index >= 15 is 0 Å². The van der Waals surface area contributed by atoms with Crippen LogP contribution in [0.3, 0.4) is 0 Å². The number of benzene rings is 1. The van der Waals surface area contributed by atoms with Gasteiger partial charge in [0, 0.05) is 36.5 Å². The lowest BCUT2D eigenvalue weighted by Crippen LogP contribution is -2.34. The van der Waals surface area contributed by atoms with Gasteiger partial charge in [-0.3, -0.25) is 14.8 Å². The van der Waals surface area contributed by atoms with E-state index in [0.29, 0.717) is 36.9 Å². The van der Waals surface area contributed by atoms with Gasteiger partial charge < -0.3 is 10.1 Å². The topological polar surface area (TPSA) is 96.0 Å². The van der Waals surface area contributed by atoms with E-state index in [1.807, 2.05) is 45.9 Å². The summed E-state index contributed by atoms with van der Waals surface area (Å²) in [6.45, 7) is 9.15. The lowest BCUT2D eigenvalue weighted by molar-refractivity contribution is 0.0986. The molecule has 3 heterocycles. The van der Waals surface area contributed by atoms with Crippen LogP contribution in [0.2, 0.25) is 0 Å². The Balaban J connectivity index is 1.66. The summed E-state index contributed by atoms with van der Waals surface area (Å²) in [5.74, 6) is 1.84. The third kappa shape index (κ3) is 4.52. The van der Waals surface area contributed by atoms with Crippen molar-refractivity contribution >= 4 is 17.7 Å². The third-order valence-electron chi connectivity index (χ3n) is 5.38. The van der Waals surface area contributed by atoms with Crippen molar-refractivity contribution in [3.63, 3.8) is 0 Å². The second kappa shape index (κ2) is 8.75. The molecule has 3 aromatic rings. The summed E-state index contributed by atoms with van der Waals surface area (Å²) in [6.07, 6.45) is 3.17. The predicted octanol–water partition coefficient (Wildman–Crippen LogP) is 3.46. The van der Waals surface area contributed by atoms with Gasteiger partial charge in [0.1, 0.15) is 11.6 Å². The lowest BCUT2D eigenvalue weighted by Gasteiger charge is -2.23. The Morgan fingerprint density at radius 1 is 1.29 bits per heavy atom. The Morgan fingerprint density at radius 3 is 2.87 bits per heavy atom. The van der Waals surface area contributed by atoms with Gasteiger partial charge in [-0.25, -0.2) is 4.98 Å². The smallest absolute Gasteiger partial charge is 0.259 e. The molecule has 2 aromatic heterocycles. The van der Waals surface area contributed by atoms with Crippen LogP contribution in [-0.2, 0) is 12.8 Å². The minimum atomic E-state index is -0.0947. The number of hydrogen-bond acceptors (Lipinski definition) is 6.